The molecule has 2 aromatic rings. The highest BCUT2D eigenvalue weighted by Gasteiger charge is 2.23. The molecule has 0 saturated carbocycles. The summed E-state index contributed by atoms with van der Waals surface area (Å²) in [6.07, 6.45) is 1.45. The Morgan fingerprint density at radius 3 is 2.62 bits per heavy atom. The first kappa shape index (κ1) is 15.2. The number of hydrogen-bond acceptors (Lipinski definition) is 4. The van der Waals surface area contributed by atoms with Crippen molar-refractivity contribution in [3.8, 4) is 11.8 Å². The van der Waals surface area contributed by atoms with E-state index in [1.54, 1.807) is 19.1 Å². The van der Waals surface area contributed by atoms with Crippen LogP contribution in [0.15, 0.2) is 18.3 Å². The maximum atomic E-state index is 11.9. The molecule has 0 fully saturated rings. The zero-order valence-electron chi connectivity index (χ0n) is 11.3. The van der Waals surface area contributed by atoms with Crippen molar-refractivity contribution in [2.45, 2.75) is 6.92 Å². The lowest BCUT2D eigenvalue weighted by molar-refractivity contribution is 0.0593. The minimum atomic E-state index is -0.653. The van der Waals surface area contributed by atoms with Crippen molar-refractivity contribution in [1.29, 1.82) is 5.26 Å². The second-order valence-electron chi connectivity index (χ2n) is 4.33. The van der Waals surface area contributed by atoms with Crippen LogP contribution in [0.3, 0.4) is 0 Å². The Morgan fingerprint density at radius 1 is 1.43 bits per heavy atom. The number of aryl methyl sites for hydroxylation is 1. The summed E-state index contributed by atoms with van der Waals surface area (Å²) in [6.45, 7) is 1.79. The van der Waals surface area contributed by atoms with Crippen LogP contribution in [0.4, 0.5) is 5.69 Å². The van der Waals surface area contributed by atoms with Crippen molar-refractivity contribution in [1.82, 2.24) is 4.57 Å². The summed E-state index contributed by atoms with van der Waals surface area (Å²) in [5.74, 6) is -0.653. The molecular formula is C14H11Cl2N3O2. The molecule has 0 aliphatic carbocycles. The average molecular weight is 324 g/mol. The first-order valence-corrected chi connectivity index (χ1v) is 6.61. The van der Waals surface area contributed by atoms with E-state index in [2.05, 4.69) is 0 Å². The molecule has 0 radical (unpaired) electrons. The van der Waals surface area contributed by atoms with Gasteiger partial charge in [-0.25, -0.2) is 4.79 Å². The fourth-order valence-electron chi connectivity index (χ4n) is 2.09. The summed E-state index contributed by atoms with van der Waals surface area (Å²) in [4.78, 5) is 11.9. The molecule has 0 saturated heterocycles. The van der Waals surface area contributed by atoms with Crippen LogP contribution in [0.5, 0.6) is 0 Å². The molecule has 0 bridgehead atoms. The van der Waals surface area contributed by atoms with Gasteiger partial charge < -0.3 is 15.0 Å². The lowest BCUT2D eigenvalue weighted by Gasteiger charge is -2.13. The smallest absolute Gasteiger partial charge is 0.357 e. The number of nitriles is 1. The molecule has 1 heterocycles. The summed E-state index contributed by atoms with van der Waals surface area (Å²) >= 11 is 12.2. The topological polar surface area (TPSA) is 81.0 Å². The molecule has 0 unspecified atom stereocenters. The van der Waals surface area contributed by atoms with Gasteiger partial charge in [-0.05, 0) is 24.6 Å². The largest absolute Gasteiger partial charge is 0.464 e. The van der Waals surface area contributed by atoms with Gasteiger partial charge in [0, 0.05) is 11.2 Å². The first-order chi connectivity index (χ1) is 9.90. The third kappa shape index (κ3) is 2.56. The van der Waals surface area contributed by atoms with Crippen molar-refractivity contribution in [3.63, 3.8) is 0 Å². The van der Waals surface area contributed by atoms with Gasteiger partial charge >= 0.3 is 5.97 Å². The Balaban J connectivity index is 2.82. The van der Waals surface area contributed by atoms with Gasteiger partial charge in [0.15, 0.2) is 5.69 Å². The lowest BCUT2D eigenvalue weighted by atomic mass is 10.2. The molecule has 1 aromatic carbocycles. The van der Waals surface area contributed by atoms with Crippen molar-refractivity contribution >= 4 is 34.9 Å². The number of benzene rings is 1. The Labute approximate surface area is 131 Å². The van der Waals surface area contributed by atoms with E-state index in [1.807, 2.05) is 6.07 Å². The highest BCUT2D eigenvalue weighted by atomic mass is 35.5. The molecule has 2 N–H and O–H groups in total. The van der Waals surface area contributed by atoms with E-state index >= 15 is 0 Å². The number of nitrogens with zero attached hydrogens (tertiary/aromatic N) is 2. The average Bonchev–Trinajstić information content (AvgIpc) is 2.73. The standard InChI is InChI=1S/C14H11Cl2N3O2/c1-7-3-9(15)4-10(16)12(7)19-6-8(5-17)11(18)13(19)14(20)21-2/h3-4,6H,18H2,1-2H3. The number of nitrogen functional groups attached to an aromatic ring is 1. The molecule has 7 heteroatoms. The number of ether oxygens (including phenoxy) is 1. The molecule has 0 aliphatic heterocycles. The number of rotatable bonds is 2. The van der Waals surface area contributed by atoms with E-state index in [9.17, 15) is 4.79 Å². The normalized spacial score (nSPS) is 10.2. The lowest BCUT2D eigenvalue weighted by Crippen LogP contribution is -2.12. The second kappa shape index (κ2) is 5.68. The third-order valence-corrected chi connectivity index (χ3v) is 3.51. The van der Waals surface area contributed by atoms with Crippen LogP contribution in [-0.4, -0.2) is 17.6 Å². The van der Waals surface area contributed by atoms with Crippen LogP contribution in [0.1, 0.15) is 21.6 Å². The number of nitrogens with two attached hydrogens (primary N) is 1. The summed E-state index contributed by atoms with van der Waals surface area (Å²) in [7, 11) is 1.24. The second-order valence-corrected chi connectivity index (χ2v) is 5.18. The maximum absolute atomic E-state index is 11.9. The molecule has 5 nitrogen and oxygen atoms in total. The van der Waals surface area contributed by atoms with E-state index in [1.165, 1.54) is 17.9 Å². The molecule has 1 aromatic heterocycles. The molecular weight excluding hydrogens is 313 g/mol. The van der Waals surface area contributed by atoms with Crippen LogP contribution in [-0.2, 0) is 4.74 Å². The van der Waals surface area contributed by atoms with E-state index in [-0.39, 0.29) is 16.9 Å². The van der Waals surface area contributed by atoms with E-state index in [4.69, 9.17) is 38.9 Å². The van der Waals surface area contributed by atoms with Gasteiger partial charge in [0.25, 0.3) is 0 Å². The number of hydrogen-bond donors (Lipinski definition) is 1. The molecule has 0 amide bonds. The van der Waals surface area contributed by atoms with Gasteiger partial charge in [-0.2, -0.15) is 5.26 Å². The SMILES string of the molecule is COC(=O)c1c(N)c(C#N)cn1-c1c(C)cc(Cl)cc1Cl. The predicted octanol–water partition coefficient (Wildman–Crippen LogP) is 3.33. The maximum Gasteiger partial charge on any atom is 0.357 e. The van der Waals surface area contributed by atoms with E-state index in [0.29, 0.717) is 15.7 Å². The van der Waals surface area contributed by atoms with Crippen LogP contribution < -0.4 is 5.73 Å². The molecule has 2 rings (SSSR count). The Morgan fingerprint density at radius 2 is 2.10 bits per heavy atom. The van der Waals surface area contributed by atoms with E-state index in [0.717, 1.165) is 5.56 Å². The van der Waals surface area contributed by atoms with Gasteiger partial charge in [0.2, 0.25) is 0 Å². The quantitative estimate of drug-likeness (QED) is 0.859. The highest BCUT2D eigenvalue weighted by Crippen LogP contribution is 2.32. The fourth-order valence-corrected chi connectivity index (χ4v) is 2.78. The molecule has 0 atom stereocenters. The van der Waals surface area contributed by atoms with Crippen molar-refractivity contribution in [2.75, 3.05) is 12.8 Å². The minimum absolute atomic E-state index is 0.0507. The summed E-state index contributed by atoms with van der Waals surface area (Å²) in [5.41, 5.74) is 7.38. The van der Waals surface area contributed by atoms with Gasteiger partial charge in [0.05, 0.1) is 29.1 Å². The third-order valence-electron chi connectivity index (χ3n) is 3.00. The van der Waals surface area contributed by atoms with Crippen LogP contribution in [0, 0.1) is 18.3 Å². The van der Waals surface area contributed by atoms with Crippen molar-refractivity contribution < 1.29 is 9.53 Å². The monoisotopic (exact) mass is 323 g/mol. The van der Waals surface area contributed by atoms with E-state index < -0.39 is 5.97 Å². The Hall–Kier alpha value is -2.16. The first-order valence-electron chi connectivity index (χ1n) is 5.86. The minimum Gasteiger partial charge on any atom is -0.464 e. The number of carbonyl (C=O) groups is 1. The van der Waals surface area contributed by atoms with Crippen LogP contribution in [0.2, 0.25) is 10.0 Å². The molecule has 21 heavy (non-hydrogen) atoms. The summed E-state index contributed by atoms with van der Waals surface area (Å²) in [6, 6.07) is 5.18. The Bertz CT molecular complexity index is 752. The van der Waals surface area contributed by atoms with Gasteiger partial charge in [-0.1, -0.05) is 23.2 Å². The van der Waals surface area contributed by atoms with Gasteiger partial charge in [-0.3, -0.25) is 0 Å². The number of aromatic nitrogens is 1. The van der Waals surface area contributed by atoms with Crippen LogP contribution in [0.25, 0.3) is 5.69 Å². The van der Waals surface area contributed by atoms with Crippen LogP contribution >= 0.6 is 23.2 Å². The molecule has 0 aliphatic rings. The number of methoxy groups -OCH3 is 1. The zero-order valence-corrected chi connectivity index (χ0v) is 12.8. The number of anilines is 1. The fraction of sp³-hybridized carbons (Fsp3) is 0.143. The summed E-state index contributed by atoms with van der Waals surface area (Å²) in [5, 5.41) is 9.90. The van der Waals surface area contributed by atoms with Crippen molar-refractivity contribution in [3.05, 3.63) is 45.2 Å². The highest BCUT2D eigenvalue weighted by molar-refractivity contribution is 6.36. The van der Waals surface area contributed by atoms with Crippen molar-refractivity contribution in [2.24, 2.45) is 0 Å². The number of esters is 1. The number of carbonyl (C=O) groups excluding carboxylic acids is 1. The molecule has 108 valence electrons. The van der Waals surface area contributed by atoms with Gasteiger partial charge in [0.1, 0.15) is 6.07 Å². The molecule has 0 spiro atoms. The zero-order chi connectivity index (χ0) is 15.7. The predicted molar refractivity (Wildman–Crippen MR) is 81.0 cm³/mol. The van der Waals surface area contributed by atoms with Gasteiger partial charge in [-0.15, -0.1) is 0 Å². The summed E-state index contributed by atoms with van der Waals surface area (Å²) < 4.78 is 6.17. The Kier molecular flexibility index (Phi) is 4.12. The number of halogens is 2.